The zero-order chi connectivity index (χ0) is 19.2. The lowest BCUT2D eigenvalue weighted by Crippen LogP contribution is -2.52. The fourth-order valence-electron chi connectivity index (χ4n) is 3.91. The van der Waals surface area contributed by atoms with Gasteiger partial charge in [-0.2, -0.15) is 0 Å². The summed E-state index contributed by atoms with van der Waals surface area (Å²) in [4.78, 5) is 27.6. The smallest absolute Gasteiger partial charge is 0.245 e. The number of morpholine rings is 1. The van der Waals surface area contributed by atoms with Crippen molar-refractivity contribution in [2.24, 2.45) is 11.8 Å². The number of rotatable bonds is 8. The number of amides is 2. The third-order valence-corrected chi connectivity index (χ3v) is 5.49. The maximum Gasteiger partial charge on any atom is 0.245 e. The van der Waals surface area contributed by atoms with Crippen LogP contribution < -0.4 is 5.32 Å². The van der Waals surface area contributed by atoms with Crippen LogP contribution in [0.5, 0.6) is 0 Å². The predicted molar refractivity (Wildman–Crippen MR) is 105 cm³/mol. The molecule has 1 heterocycles. The SMILES string of the molecule is CC(C)C[C@H](NC(=O)CC(c1ccccc1)C1CC1)C(=O)N1CCOCC1. The molecule has 1 aromatic carbocycles. The molecule has 0 radical (unpaired) electrons. The summed E-state index contributed by atoms with van der Waals surface area (Å²) in [6.07, 6.45) is 3.50. The van der Waals surface area contributed by atoms with Crippen LogP contribution in [-0.2, 0) is 14.3 Å². The number of nitrogens with zero attached hydrogens (tertiary/aromatic N) is 1. The molecule has 2 atom stereocenters. The molecule has 1 saturated heterocycles. The second-order valence-electron chi connectivity index (χ2n) is 8.25. The fraction of sp³-hybridized carbons (Fsp3) is 0.636. The first-order valence-corrected chi connectivity index (χ1v) is 10.3. The third kappa shape index (κ3) is 5.80. The van der Waals surface area contributed by atoms with Gasteiger partial charge in [-0.1, -0.05) is 44.2 Å². The Labute approximate surface area is 162 Å². The van der Waals surface area contributed by atoms with Crippen molar-refractivity contribution in [2.75, 3.05) is 26.3 Å². The van der Waals surface area contributed by atoms with Gasteiger partial charge in [-0.25, -0.2) is 0 Å². The van der Waals surface area contributed by atoms with Crippen molar-refractivity contribution in [1.82, 2.24) is 10.2 Å². The maximum absolute atomic E-state index is 12.9. The van der Waals surface area contributed by atoms with Gasteiger partial charge in [0.05, 0.1) is 13.2 Å². The fourth-order valence-corrected chi connectivity index (χ4v) is 3.91. The third-order valence-electron chi connectivity index (χ3n) is 5.49. The molecule has 1 N–H and O–H groups in total. The lowest BCUT2D eigenvalue weighted by molar-refractivity contribution is -0.140. The molecule has 27 heavy (non-hydrogen) atoms. The van der Waals surface area contributed by atoms with Crippen LogP contribution in [0, 0.1) is 11.8 Å². The van der Waals surface area contributed by atoms with Crippen LogP contribution in [0.2, 0.25) is 0 Å². The molecule has 148 valence electrons. The number of hydrogen-bond acceptors (Lipinski definition) is 3. The zero-order valence-electron chi connectivity index (χ0n) is 16.5. The highest BCUT2D eigenvalue weighted by molar-refractivity contribution is 5.88. The minimum atomic E-state index is -0.439. The first-order valence-electron chi connectivity index (χ1n) is 10.3. The lowest BCUT2D eigenvalue weighted by Gasteiger charge is -2.31. The Morgan fingerprint density at radius 3 is 2.41 bits per heavy atom. The summed E-state index contributed by atoms with van der Waals surface area (Å²) in [6.45, 7) is 6.54. The second kappa shape index (κ2) is 9.36. The van der Waals surface area contributed by atoms with E-state index in [1.807, 2.05) is 23.1 Å². The van der Waals surface area contributed by atoms with Crippen molar-refractivity contribution in [1.29, 1.82) is 0 Å². The highest BCUT2D eigenvalue weighted by Gasteiger charge is 2.35. The van der Waals surface area contributed by atoms with Gasteiger partial charge in [-0.05, 0) is 42.6 Å². The molecule has 1 saturated carbocycles. The molecule has 2 amide bonds. The van der Waals surface area contributed by atoms with Crippen LogP contribution >= 0.6 is 0 Å². The highest BCUT2D eigenvalue weighted by atomic mass is 16.5. The predicted octanol–water partition coefficient (Wildman–Crippen LogP) is 2.96. The minimum absolute atomic E-state index is 0.0111. The molecule has 0 bridgehead atoms. The van der Waals surface area contributed by atoms with Crippen LogP contribution in [-0.4, -0.2) is 49.1 Å². The molecule has 1 unspecified atom stereocenters. The zero-order valence-corrected chi connectivity index (χ0v) is 16.5. The Morgan fingerprint density at radius 2 is 1.81 bits per heavy atom. The van der Waals surface area contributed by atoms with Gasteiger partial charge in [0.25, 0.3) is 0 Å². The van der Waals surface area contributed by atoms with E-state index in [9.17, 15) is 9.59 Å². The van der Waals surface area contributed by atoms with Crippen molar-refractivity contribution in [3.63, 3.8) is 0 Å². The summed E-state index contributed by atoms with van der Waals surface area (Å²) in [5.74, 6) is 1.21. The van der Waals surface area contributed by atoms with Gasteiger partial charge < -0.3 is 15.0 Å². The van der Waals surface area contributed by atoms with E-state index in [1.165, 1.54) is 18.4 Å². The number of benzene rings is 1. The monoisotopic (exact) mass is 372 g/mol. The number of carbonyl (C=O) groups excluding carboxylic acids is 2. The number of carbonyl (C=O) groups is 2. The van der Waals surface area contributed by atoms with Gasteiger partial charge in [-0.15, -0.1) is 0 Å². The lowest BCUT2D eigenvalue weighted by atomic mass is 9.90. The number of nitrogens with one attached hydrogen (secondary N) is 1. The molecular formula is C22H32N2O3. The molecule has 0 spiro atoms. The first kappa shape index (κ1) is 19.9. The van der Waals surface area contributed by atoms with Gasteiger partial charge in [0.1, 0.15) is 6.04 Å². The van der Waals surface area contributed by atoms with Crippen molar-refractivity contribution in [3.05, 3.63) is 35.9 Å². The van der Waals surface area contributed by atoms with E-state index in [-0.39, 0.29) is 17.7 Å². The van der Waals surface area contributed by atoms with E-state index >= 15 is 0 Å². The molecule has 0 aromatic heterocycles. The largest absolute Gasteiger partial charge is 0.378 e. The highest BCUT2D eigenvalue weighted by Crippen LogP contribution is 2.44. The average Bonchev–Trinajstić information content (AvgIpc) is 3.51. The normalized spacial score (nSPS) is 19.6. The molecule has 5 nitrogen and oxygen atoms in total. The Hall–Kier alpha value is -1.88. The summed E-state index contributed by atoms with van der Waals surface area (Å²) in [6, 6.07) is 9.86. The number of ether oxygens (including phenoxy) is 1. The van der Waals surface area contributed by atoms with Crippen molar-refractivity contribution < 1.29 is 14.3 Å². The molecule has 1 aromatic rings. The van der Waals surface area contributed by atoms with Crippen molar-refractivity contribution >= 4 is 11.8 Å². The van der Waals surface area contributed by atoms with E-state index in [4.69, 9.17) is 4.74 Å². The Morgan fingerprint density at radius 1 is 1.15 bits per heavy atom. The standard InChI is InChI=1S/C22H32N2O3/c1-16(2)14-20(22(26)24-10-12-27-13-11-24)23-21(25)15-19(18-8-9-18)17-6-4-3-5-7-17/h3-7,16,18-20H,8-15H2,1-2H3,(H,23,25)/t19?,20-/m0/s1. The summed E-state index contributed by atoms with van der Waals surface area (Å²) in [5.41, 5.74) is 1.23. The Kier molecular flexibility index (Phi) is 6.89. The summed E-state index contributed by atoms with van der Waals surface area (Å²) < 4.78 is 5.35. The Bertz CT molecular complexity index is 622. The average molecular weight is 373 g/mol. The second-order valence-corrected chi connectivity index (χ2v) is 8.25. The quantitative estimate of drug-likeness (QED) is 0.763. The topological polar surface area (TPSA) is 58.6 Å². The van der Waals surface area contributed by atoms with Gasteiger partial charge in [0, 0.05) is 19.5 Å². The van der Waals surface area contributed by atoms with E-state index in [2.05, 4.69) is 31.3 Å². The van der Waals surface area contributed by atoms with E-state index in [0.29, 0.717) is 51.0 Å². The molecule has 1 aliphatic heterocycles. The number of hydrogen-bond donors (Lipinski definition) is 1. The minimum Gasteiger partial charge on any atom is -0.378 e. The summed E-state index contributed by atoms with van der Waals surface area (Å²) in [5, 5.41) is 3.06. The van der Waals surface area contributed by atoms with Gasteiger partial charge >= 0.3 is 0 Å². The first-order chi connectivity index (χ1) is 13.0. The summed E-state index contributed by atoms with van der Waals surface area (Å²) >= 11 is 0. The van der Waals surface area contributed by atoms with Crippen LogP contribution in [0.1, 0.15) is 51.0 Å². The molecule has 2 fully saturated rings. The Balaban J connectivity index is 1.63. The van der Waals surface area contributed by atoms with Crippen LogP contribution in [0.4, 0.5) is 0 Å². The van der Waals surface area contributed by atoms with Crippen molar-refractivity contribution in [3.8, 4) is 0 Å². The summed E-state index contributed by atoms with van der Waals surface area (Å²) in [7, 11) is 0. The molecule has 3 rings (SSSR count). The molecule has 1 aliphatic carbocycles. The maximum atomic E-state index is 12.9. The van der Waals surface area contributed by atoms with E-state index in [0.717, 1.165) is 0 Å². The van der Waals surface area contributed by atoms with Crippen LogP contribution in [0.3, 0.4) is 0 Å². The van der Waals surface area contributed by atoms with E-state index in [1.54, 1.807) is 0 Å². The van der Waals surface area contributed by atoms with E-state index < -0.39 is 6.04 Å². The van der Waals surface area contributed by atoms with Crippen LogP contribution in [0.25, 0.3) is 0 Å². The van der Waals surface area contributed by atoms with Gasteiger partial charge in [-0.3, -0.25) is 9.59 Å². The van der Waals surface area contributed by atoms with Gasteiger partial charge in [0.2, 0.25) is 11.8 Å². The molecular weight excluding hydrogens is 340 g/mol. The van der Waals surface area contributed by atoms with Crippen molar-refractivity contribution in [2.45, 2.75) is 51.5 Å². The van der Waals surface area contributed by atoms with Crippen LogP contribution in [0.15, 0.2) is 30.3 Å². The molecule has 2 aliphatic rings. The van der Waals surface area contributed by atoms with Gasteiger partial charge in [0.15, 0.2) is 0 Å². The molecule has 5 heteroatoms.